The topological polar surface area (TPSA) is 82.8 Å². The Labute approximate surface area is 191 Å². The first kappa shape index (κ1) is 21.5. The number of nitrogens with zero attached hydrogens (tertiary/aromatic N) is 1. The molecule has 2 fully saturated rings. The van der Waals surface area contributed by atoms with E-state index in [-0.39, 0.29) is 16.4 Å². The third kappa shape index (κ3) is 3.86. The normalized spacial score (nSPS) is 17.8. The Hall–Kier alpha value is -3.35. The number of hydrogen-bond donors (Lipinski definition) is 2. The molecule has 1 unspecified atom stereocenters. The van der Waals surface area contributed by atoms with Gasteiger partial charge in [0.25, 0.3) is 0 Å². The van der Waals surface area contributed by atoms with Gasteiger partial charge in [0.1, 0.15) is 11.4 Å². The Morgan fingerprint density at radius 3 is 2.55 bits per heavy atom. The van der Waals surface area contributed by atoms with Crippen molar-refractivity contribution in [2.45, 2.75) is 45.6 Å². The van der Waals surface area contributed by atoms with Gasteiger partial charge < -0.3 is 19.7 Å². The smallest absolute Gasteiger partial charge is 0.337 e. The maximum Gasteiger partial charge on any atom is 0.337 e. The lowest BCUT2D eigenvalue weighted by molar-refractivity contribution is 0.0698. The number of anilines is 2. The molecule has 1 aliphatic heterocycles. The standard InChI is InChI=1S/C26H27FN2O4/c1-15-22(30)20-14-17(27)13-19(16(2)28-21-6-4-3-5-18(21)25(31)32)23(20)33-24(15)29-11-9-26(7-8-26)10-12-29/h3-6,13-14,16,28H,7-12H2,1-2H3,(H,31,32). The summed E-state index contributed by atoms with van der Waals surface area (Å²) in [6, 6.07) is 8.61. The van der Waals surface area contributed by atoms with Gasteiger partial charge >= 0.3 is 5.97 Å². The van der Waals surface area contributed by atoms with Crippen molar-refractivity contribution in [3.8, 4) is 0 Å². The monoisotopic (exact) mass is 450 g/mol. The van der Waals surface area contributed by atoms with Crippen molar-refractivity contribution in [3.05, 3.63) is 69.1 Å². The Kier molecular flexibility index (Phi) is 5.15. The second-order valence-electron chi connectivity index (χ2n) is 9.44. The van der Waals surface area contributed by atoms with Crippen LogP contribution in [0.15, 0.2) is 45.6 Å². The van der Waals surface area contributed by atoms with Crippen molar-refractivity contribution in [1.82, 2.24) is 0 Å². The van der Waals surface area contributed by atoms with E-state index in [4.69, 9.17) is 4.42 Å². The lowest BCUT2D eigenvalue weighted by atomic mass is 9.93. The Morgan fingerprint density at radius 1 is 1.18 bits per heavy atom. The summed E-state index contributed by atoms with van der Waals surface area (Å²) in [4.78, 5) is 26.9. The number of para-hydroxylation sites is 1. The van der Waals surface area contributed by atoms with Crippen molar-refractivity contribution >= 4 is 28.5 Å². The zero-order valence-corrected chi connectivity index (χ0v) is 18.8. The third-order valence-electron chi connectivity index (χ3n) is 7.25. The van der Waals surface area contributed by atoms with Crippen LogP contribution in [0.25, 0.3) is 11.0 Å². The highest BCUT2D eigenvalue weighted by molar-refractivity contribution is 5.94. The Bertz CT molecular complexity index is 1300. The van der Waals surface area contributed by atoms with Gasteiger partial charge in [-0.25, -0.2) is 9.18 Å². The number of carbonyl (C=O) groups is 1. The first-order chi connectivity index (χ1) is 15.8. The molecule has 1 atom stereocenters. The molecule has 2 aromatic carbocycles. The molecule has 3 aromatic rings. The van der Waals surface area contributed by atoms with Gasteiger partial charge in [0.2, 0.25) is 5.88 Å². The highest BCUT2D eigenvalue weighted by Gasteiger charge is 2.45. The second kappa shape index (κ2) is 7.90. The minimum atomic E-state index is -1.06. The molecule has 0 radical (unpaired) electrons. The summed E-state index contributed by atoms with van der Waals surface area (Å²) >= 11 is 0. The molecular formula is C26H27FN2O4. The number of rotatable bonds is 5. The number of nitrogens with one attached hydrogen (secondary N) is 1. The van der Waals surface area contributed by atoms with E-state index in [0.717, 1.165) is 25.9 Å². The number of carboxylic acids is 1. The molecule has 1 aliphatic carbocycles. The summed E-state index contributed by atoms with van der Waals surface area (Å²) in [6.07, 6.45) is 4.75. The molecule has 5 rings (SSSR count). The molecule has 2 N–H and O–H groups in total. The van der Waals surface area contributed by atoms with Crippen LogP contribution in [-0.2, 0) is 0 Å². The quantitative estimate of drug-likeness (QED) is 0.535. The average Bonchev–Trinajstić information content (AvgIpc) is 3.55. The molecule has 0 bridgehead atoms. The van der Waals surface area contributed by atoms with E-state index in [9.17, 15) is 19.1 Å². The van der Waals surface area contributed by atoms with Crippen LogP contribution in [0.5, 0.6) is 0 Å². The molecule has 33 heavy (non-hydrogen) atoms. The van der Waals surface area contributed by atoms with E-state index in [0.29, 0.717) is 33.7 Å². The minimum absolute atomic E-state index is 0.116. The maximum absolute atomic E-state index is 14.6. The van der Waals surface area contributed by atoms with E-state index in [1.165, 1.54) is 31.0 Å². The first-order valence-electron chi connectivity index (χ1n) is 11.4. The predicted molar refractivity (Wildman–Crippen MR) is 126 cm³/mol. The SMILES string of the molecule is Cc1c(N2CCC3(CC2)CC3)oc2c(C(C)Nc3ccccc3C(=O)O)cc(F)cc2c1=O. The van der Waals surface area contributed by atoms with E-state index in [1.807, 2.05) is 0 Å². The molecule has 1 saturated carbocycles. The number of fused-ring (bicyclic) bond motifs is 1. The van der Waals surface area contributed by atoms with Gasteiger partial charge in [-0.15, -0.1) is 0 Å². The summed E-state index contributed by atoms with van der Waals surface area (Å²) in [5.41, 5.74) is 2.08. The Balaban J connectivity index is 1.56. The van der Waals surface area contributed by atoms with Gasteiger partial charge in [-0.3, -0.25) is 4.79 Å². The van der Waals surface area contributed by atoms with Gasteiger partial charge in [-0.05, 0) is 69.2 Å². The summed E-state index contributed by atoms with van der Waals surface area (Å²) in [5, 5.41) is 12.8. The fraction of sp³-hybridized carbons (Fsp3) is 0.385. The molecule has 2 aliphatic rings. The number of benzene rings is 2. The largest absolute Gasteiger partial charge is 0.478 e. The van der Waals surface area contributed by atoms with Crippen LogP contribution in [0, 0.1) is 18.2 Å². The van der Waals surface area contributed by atoms with E-state index < -0.39 is 17.8 Å². The van der Waals surface area contributed by atoms with Crippen LogP contribution < -0.4 is 15.6 Å². The molecule has 1 aromatic heterocycles. The lowest BCUT2D eigenvalue weighted by Crippen LogP contribution is -2.35. The average molecular weight is 451 g/mol. The molecule has 1 spiro atoms. The Morgan fingerprint density at radius 2 is 1.88 bits per heavy atom. The lowest BCUT2D eigenvalue weighted by Gasteiger charge is -2.33. The molecule has 172 valence electrons. The fourth-order valence-corrected chi connectivity index (χ4v) is 4.96. The second-order valence-corrected chi connectivity index (χ2v) is 9.44. The van der Waals surface area contributed by atoms with Crippen LogP contribution in [0.3, 0.4) is 0 Å². The van der Waals surface area contributed by atoms with Crippen molar-refractivity contribution in [2.24, 2.45) is 5.41 Å². The van der Waals surface area contributed by atoms with Crippen LogP contribution >= 0.6 is 0 Å². The molecule has 7 heteroatoms. The highest BCUT2D eigenvalue weighted by atomic mass is 19.1. The number of aromatic carboxylic acids is 1. The highest BCUT2D eigenvalue weighted by Crippen LogP contribution is 2.54. The van der Waals surface area contributed by atoms with Gasteiger partial charge in [0.05, 0.1) is 22.6 Å². The van der Waals surface area contributed by atoms with Gasteiger partial charge in [0, 0.05) is 24.3 Å². The van der Waals surface area contributed by atoms with Crippen LogP contribution in [0.1, 0.15) is 60.1 Å². The molecule has 2 heterocycles. The summed E-state index contributed by atoms with van der Waals surface area (Å²) in [6.45, 7) is 5.21. The summed E-state index contributed by atoms with van der Waals surface area (Å²) < 4.78 is 20.9. The third-order valence-corrected chi connectivity index (χ3v) is 7.25. The summed E-state index contributed by atoms with van der Waals surface area (Å²) in [7, 11) is 0. The maximum atomic E-state index is 14.6. The fourth-order valence-electron chi connectivity index (χ4n) is 4.96. The first-order valence-corrected chi connectivity index (χ1v) is 11.4. The minimum Gasteiger partial charge on any atom is -0.478 e. The van der Waals surface area contributed by atoms with Gasteiger partial charge in [0.15, 0.2) is 5.43 Å². The zero-order valence-electron chi connectivity index (χ0n) is 18.8. The number of halogens is 1. The summed E-state index contributed by atoms with van der Waals surface area (Å²) in [5.74, 6) is -1.04. The van der Waals surface area contributed by atoms with Gasteiger partial charge in [-0.1, -0.05) is 12.1 Å². The van der Waals surface area contributed by atoms with Gasteiger partial charge in [-0.2, -0.15) is 0 Å². The molecule has 0 amide bonds. The van der Waals surface area contributed by atoms with E-state index >= 15 is 0 Å². The van der Waals surface area contributed by atoms with E-state index in [1.54, 1.807) is 32.0 Å². The van der Waals surface area contributed by atoms with Crippen LogP contribution in [0.4, 0.5) is 16.0 Å². The van der Waals surface area contributed by atoms with Crippen LogP contribution in [-0.4, -0.2) is 24.2 Å². The number of hydrogen-bond acceptors (Lipinski definition) is 5. The van der Waals surface area contributed by atoms with E-state index in [2.05, 4.69) is 10.2 Å². The molecular weight excluding hydrogens is 423 g/mol. The molecule has 1 saturated heterocycles. The number of carboxylic acid groups (broad SMARTS) is 1. The van der Waals surface area contributed by atoms with Crippen molar-refractivity contribution in [3.63, 3.8) is 0 Å². The van der Waals surface area contributed by atoms with Crippen molar-refractivity contribution in [1.29, 1.82) is 0 Å². The molecule has 6 nitrogen and oxygen atoms in total. The van der Waals surface area contributed by atoms with Crippen molar-refractivity contribution < 1.29 is 18.7 Å². The number of piperidine rings is 1. The zero-order chi connectivity index (χ0) is 23.3. The predicted octanol–water partition coefficient (Wildman–Crippen LogP) is 5.49. The van der Waals surface area contributed by atoms with Crippen molar-refractivity contribution in [2.75, 3.05) is 23.3 Å². The van der Waals surface area contributed by atoms with Crippen LogP contribution in [0.2, 0.25) is 0 Å².